The van der Waals surface area contributed by atoms with E-state index in [1.165, 1.54) is 5.56 Å². The molecule has 0 radical (unpaired) electrons. The summed E-state index contributed by atoms with van der Waals surface area (Å²) in [5, 5.41) is 13.7. The molecule has 0 spiro atoms. The first-order chi connectivity index (χ1) is 9.54. The van der Waals surface area contributed by atoms with Crippen LogP contribution in [0.3, 0.4) is 0 Å². The van der Waals surface area contributed by atoms with Crippen molar-refractivity contribution in [3.8, 4) is 5.75 Å². The van der Waals surface area contributed by atoms with E-state index in [1.807, 2.05) is 6.07 Å². The van der Waals surface area contributed by atoms with Crippen molar-refractivity contribution >= 4 is 0 Å². The van der Waals surface area contributed by atoms with E-state index < -0.39 is 5.60 Å². The Morgan fingerprint density at radius 1 is 1.35 bits per heavy atom. The molecule has 3 heteroatoms. The van der Waals surface area contributed by atoms with E-state index in [4.69, 9.17) is 4.74 Å². The van der Waals surface area contributed by atoms with Crippen LogP contribution in [-0.2, 0) is 0 Å². The summed E-state index contributed by atoms with van der Waals surface area (Å²) in [5.74, 6) is 0.887. The molecule has 0 bridgehead atoms. The largest absolute Gasteiger partial charge is 0.490 e. The van der Waals surface area contributed by atoms with Gasteiger partial charge >= 0.3 is 0 Å². The highest BCUT2D eigenvalue weighted by Crippen LogP contribution is 2.31. The summed E-state index contributed by atoms with van der Waals surface area (Å²) in [4.78, 5) is 0. The van der Waals surface area contributed by atoms with Crippen molar-refractivity contribution < 1.29 is 9.84 Å². The van der Waals surface area contributed by atoms with Crippen LogP contribution in [0.4, 0.5) is 0 Å². The molecule has 0 saturated heterocycles. The molecule has 1 aromatic rings. The van der Waals surface area contributed by atoms with Crippen molar-refractivity contribution in [2.75, 3.05) is 13.2 Å². The molecule has 1 aliphatic rings. The molecular weight excluding hydrogens is 250 g/mol. The summed E-state index contributed by atoms with van der Waals surface area (Å²) < 4.78 is 5.85. The summed E-state index contributed by atoms with van der Waals surface area (Å²) in [6.07, 6.45) is 3.94. The maximum absolute atomic E-state index is 10.3. The monoisotopic (exact) mass is 277 g/mol. The Balaban J connectivity index is 1.99. The maximum Gasteiger partial charge on any atom is 0.122 e. The molecule has 2 N–H and O–H groups in total. The van der Waals surface area contributed by atoms with Gasteiger partial charge in [0.1, 0.15) is 12.4 Å². The summed E-state index contributed by atoms with van der Waals surface area (Å²) >= 11 is 0. The fourth-order valence-electron chi connectivity index (χ4n) is 2.92. The van der Waals surface area contributed by atoms with Gasteiger partial charge in [0.25, 0.3) is 0 Å². The van der Waals surface area contributed by atoms with Gasteiger partial charge in [-0.05, 0) is 50.4 Å². The summed E-state index contributed by atoms with van der Waals surface area (Å²) in [6, 6.07) is 6.65. The molecule has 20 heavy (non-hydrogen) atoms. The molecule has 2 rings (SSSR count). The average molecular weight is 277 g/mol. The predicted molar refractivity (Wildman–Crippen MR) is 82.2 cm³/mol. The third kappa shape index (κ3) is 3.74. The fraction of sp³-hybridized carbons (Fsp3) is 0.647. The zero-order valence-electron chi connectivity index (χ0n) is 12.9. The SMILES string of the molecule is CCNC(C)c1ccc(OCC2(O)CCCC2)c(C)c1. The van der Waals surface area contributed by atoms with E-state index in [9.17, 15) is 5.11 Å². The Morgan fingerprint density at radius 2 is 2.05 bits per heavy atom. The van der Waals surface area contributed by atoms with Crippen molar-refractivity contribution in [1.82, 2.24) is 5.32 Å². The molecule has 1 aliphatic carbocycles. The van der Waals surface area contributed by atoms with Crippen molar-refractivity contribution in [1.29, 1.82) is 0 Å². The summed E-state index contributed by atoms with van der Waals surface area (Å²) in [5.41, 5.74) is 1.80. The lowest BCUT2D eigenvalue weighted by Crippen LogP contribution is -2.32. The number of nitrogens with one attached hydrogen (secondary N) is 1. The van der Waals surface area contributed by atoms with Crippen molar-refractivity contribution in [2.24, 2.45) is 0 Å². The number of hydrogen-bond acceptors (Lipinski definition) is 3. The second kappa shape index (κ2) is 6.59. The van der Waals surface area contributed by atoms with Crippen molar-refractivity contribution in [3.05, 3.63) is 29.3 Å². The van der Waals surface area contributed by atoms with Gasteiger partial charge in [-0.25, -0.2) is 0 Å². The molecule has 0 aliphatic heterocycles. The van der Waals surface area contributed by atoms with E-state index in [0.29, 0.717) is 12.6 Å². The summed E-state index contributed by atoms with van der Waals surface area (Å²) in [6.45, 7) is 7.72. The molecule has 1 atom stereocenters. The minimum absolute atomic E-state index is 0.353. The molecule has 1 fully saturated rings. The van der Waals surface area contributed by atoms with Crippen molar-refractivity contribution in [2.45, 2.75) is 58.1 Å². The first-order valence-electron chi connectivity index (χ1n) is 7.73. The Labute approximate surface area is 122 Å². The third-order valence-electron chi connectivity index (χ3n) is 4.24. The number of aryl methyl sites for hydroxylation is 1. The lowest BCUT2D eigenvalue weighted by molar-refractivity contribution is 0.00121. The number of ether oxygens (including phenoxy) is 1. The van der Waals surface area contributed by atoms with Gasteiger partial charge in [-0.15, -0.1) is 0 Å². The minimum atomic E-state index is -0.609. The van der Waals surface area contributed by atoms with Crippen LogP contribution < -0.4 is 10.1 Å². The number of aliphatic hydroxyl groups is 1. The van der Waals surface area contributed by atoms with Gasteiger partial charge in [-0.1, -0.05) is 31.9 Å². The zero-order chi connectivity index (χ0) is 14.6. The predicted octanol–water partition coefficient (Wildman–Crippen LogP) is 3.35. The molecular formula is C17H27NO2. The highest BCUT2D eigenvalue weighted by molar-refractivity contribution is 5.37. The molecule has 1 aromatic carbocycles. The zero-order valence-corrected chi connectivity index (χ0v) is 12.9. The Morgan fingerprint density at radius 3 is 2.65 bits per heavy atom. The standard InChI is InChI=1S/C17H27NO2/c1-4-18-14(3)15-7-8-16(13(2)11-15)20-12-17(19)9-5-6-10-17/h7-8,11,14,18-19H,4-6,9-10,12H2,1-3H3. The molecule has 0 heterocycles. The van der Waals surface area contributed by atoms with E-state index in [1.54, 1.807) is 0 Å². The van der Waals surface area contributed by atoms with Gasteiger partial charge in [0.15, 0.2) is 0 Å². The first kappa shape index (κ1) is 15.3. The highest BCUT2D eigenvalue weighted by Gasteiger charge is 2.32. The fourth-order valence-corrected chi connectivity index (χ4v) is 2.92. The second-order valence-electron chi connectivity index (χ2n) is 6.02. The van der Waals surface area contributed by atoms with Gasteiger partial charge in [0, 0.05) is 6.04 Å². The quantitative estimate of drug-likeness (QED) is 0.838. The molecule has 1 unspecified atom stereocenters. The van der Waals surface area contributed by atoms with Crippen LogP contribution in [0.5, 0.6) is 5.75 Å². The van der Waals surface area contributed by atoms with Gasteiger partial charge in [-0.3, -0.25) is 0 Å². The van der Waals surface area contributed by atoms with Gasteiger partial charge < -0.3 is 15.2 Å². The Kier molecular flexibility index (Phi) is 5.06. The number of benzene rings is 1. The summed E-state index contributed by atoms with van der Waals surface area (Å²) in [7, 11) is 0. The molecule has 0 amide bonds. The van der Waals surface area contributed by atoms with Crippen LogP contribution in [0.1, 0.15) is 56.7 Å². The lowest BCUT2D eigenvalue weighted by Gasteiger charge is -2.23. The van der Waals surface area contributed by atoms with Crippen molar-refractivity contribution in [3.63, 3.8) is 0 Å². The lowest BCUT2D eigenvalue weighted by atomic mass is 10.0. The minimum Gasteiger partial charge on any atom is -0.490 e. The topological polar surface area (TPSA) is 41.5 Å². The van der Waals surface area contributed by atoms with E-state index >= 15 is 0 Å². The Bertz CT molecular complexity index is 439. The maximum atomic E-state index is 10.3. The van der Waals surface area contributed by atoms with E-state index in [2.05, 4.69) is 38.2 Å². The van der Waals surface area contributed by atoms with E-state index in [-0.39, 0.29) is 0 Å². The normalized spacial score (nSPS) is 19.0. The van der Waals surface area contributed by atoms with Gasteiger partial charge in [0.05, 0.1) is 5.60 Å². The van der Waals surface area contributed by atoms with Gasteiger partial charge in [-0.2, -0.15) is 0 Å². The second-order valence-corrected chi connectivity index (χ2v) is 6.02. The highest BCUT2D eigenvalue weighted by atomic mass is 16.5. The van der Waals surface area contributed by atoms with Crippen LogP contribution in [0.2, 0.25) is 0 Å². The van der Waals surface area contributed by atoms with Crippen LogP contribution in [-0.4, -0.2) is 23.9 Å². The number of hydrogen-bond donors (Lipinski definition) is 2. The van der Waals surface area contributed by atoms with Crippen LogP contribution in [0.15, 0.2) is 18.2 Å². The van der Waals surface area contributed by atoms with Gasteiger partial charge in [0.2, 0.25) is 0 Å². The third-order valence-corrected chi connectivity index (χ3v) is 4.24. The van der Waals surface area contributed by atoms with Crippen LogP contribution >= 0.6 is 0 Å². The molecule has 0 aromatic heterocycles. The molecule has 3 nitrogen and oxygen atoms in total. The van der Waals surface area contributed by atoms with Crippen LogP contribution in [0, 0.1) is 6.92 Å². The van der Waals surface area contributed by atoms with E-state index in [0.717, 1.165) is 43.5 Å². The Hall–Kier alpha value is -1.06. The van der Waals surface area contributed by atoms with Crippen LogP contribution in [0.25, 0.3) is 0 Å². The number of rotatable bonds is 6. The average Bonchev–Trinajstić information content (AvgIpc) is 2.85. The smallest absolute Gasteiger partial charge is 0.122 e. The molecule has 1 saturated carbocycles. The first-order valence-corrected chi connectivity index (χ1v) is 7.73. The molecule has 112 valence electrons.